The summed E-state index contributed by atoms with van der Waals surface area (Å²) in [5.41, 5.74) is 1.24. The highest BCUT2D eigenvalue weighted by Gasteiger charge is 2.35. The molecule has 0 radical (unpaired) electrons. The number of carbonyl (C=O) groups is 2. The highest BCUT2D eigenvalue weighted by Crippen LogP contribution is 2.24. The van der Waals surface area contributed by atoms with Crippen molar-refractivity contribution in [1.82, 2.24) is 9.80 Å². The Kier molecular flexibility index (Phi) is 5.74. The van der Waals surface area contributed by atoms with Gasteiger partial charge >= 0.3 is 0 Å². The molecular formula is C20H28N2O3. The molecule has 3 rings (SSSR count). The van der Waals surface area contributed by atoms with Crippen LogP contribution in [0.5, 0.6) is 0 Å². The van der Waals surface area contributed by atoms with Gasteiger partial charge in [0.2, 0.25) is 11.8 Å². The van der Waals surface area contributed by atoms with Crippen LogP contribution in [0.4, 0.5) is 0 Å². The van der Waals surface area contributed by atoms with Gasteiger partial charge in [0.15, 0.2) is 0 Å². The third-order valence-corrected chi connectivity index (χ3v) is 5.38. The van der Waals surface area contributed by atoms with E-state index in [0.717, 1.165) is 19.3 Å². The van der Waals surface area contributed by atoms with Gasteiger partial charge in [-0.05, 0) is 25.3 Å². The van der Waals surface area contributed by atoms with E-state index < -0.39 is 0 Å². The van der Waals surface area contributed by atoms with Crippen LogP contribution in [0.2, 0.25) is 0 Å². The molecule has 2 amide bonds. The molecule has 2 aliphatic heterocycles. The van der Waals surface area contributed by atoms with E-state index in [1.54, 1.807) is 6.92 Å². The number of hydrogen-bond acceptors (Lipinski definition) is 3. The lowest BCUT2D eigenvalue weighted by molar-refractivity contribution is -0.151. The number of likely N-dealkylation sites (tertiary alicyclic amines) is 1. The van der Waals surface area contributed by atoms with E-state index in [4.69, 9.17) is 4.74 Å². The van der Waals surface area contributed by atoms with Crippen LogP contribution in [0.3, 0.4) is 0 Å². The molecule has 0 aromatic heterocycles. The van der Waals surface area contributed by atoms with Gasteiger partial charge < -0.3 is 14.5 Å². The van der Waals surface area contributed by atoms with Crippen LogP contribution in [-0.4, -0.2) is 60.0 Å². The maximum atomic E-state index is 13.0. The summed E-state index contributed by atoms with van der Waals surface area (Å²) in [6.07, 6.45) is 2.43. The van der Waals surface area contributed by atoms with Crippen molar-refractivity contribution in [2.45, 2.75) is 45.3 Å². The zero-order valence-electron chi connectivity index (χ0n) is 15.2. The van der Waals surface area contributed by atoms with Crippen LogP contribution < -0.4 is 0 Å². The van der Waals surface area contributed by atoms with Crippen molar-refractivity contribution in [3.8, 4) is 0 Å². The van der Waals surface area contributed by atoms with Crippen molar-refractivity contribution < 1.29 is 14.3 Å². The van der Waals surface area contributed by atoms with Crippen LogP contribution in [0.25, 0.3) is 0 Å². The second-order valence-corrected chi connectivity index (χ2v) is 7.27. The molecule has 0 aliphatic carbocycles. The fraction of sp³-hybridized carbons (Fsp3) is 0.600. The summed E-state index contributed by atoms with van der Waals surface area (Å²) < 4.78 is 5.96. The Labute approximate surface area is 149 Å². The van der Waals surface area contributed by atoms with Crippen LogP contribution >= 0.6 is 0 Å². The summed E-state index contributed by atoms with van der Waals surface area (Å²) in [5.74, 6) is 0.374. The maximum Gasteiger partial charge on any atom is 0.226 e. The molecule has 5 heteroatoms. The summed E-state index contributed by atoms with van der Waals surface area (Å²) in [4.78, 5) is 28.3. The van der Waals surface area contributed by atoms with E-state index in [1.807, 2.05) is 28.0 Å². The highest BCUT2D eigenvalue weighted by molar-refractivity contribution is 5.80. The average Bonchev–Trinajstić information content (AvgIpc) is 2.63. The molecule has 2 atom stereocenters. The van der Waals surface area contributed by atoms with Gasteiger partial charge in [0, 0.05) is 38.9 Å². The minimum absolute atomic E-state index is 0.0357. The van der Waals surface area contributed by atoms with Gasteiger partial charge in [-0.25, -0.2) is 0 Å². The van der Waals surface area contributed by atoms with Crippen molar-refractivity contribution in [2.75, 3.05) is 26.2 Å². The van der Waals surface area contributed by atoms with Gasteiger partial charge in [-0.15, -0.1) is 0 Å². The molecule has 136 valence electrons. The summed E-state index contributed by atoms with van der Waals surface area (Å²) in [6, 6.07) is 10.4. The summed E-state index contributed by atoms with van der Waals surface area (Å²) in [5, 5.41) is 0. The third kappa shape index (κ3) is 4.40. The molecule has 0 spiro atoms. The largest absolute Gasteiger partial charge is 0.374 e. The number of hydrogen-bond donors (Lipinski definition) is 0. The van der Waals surface area contributed by atoms with Gasteiger partial charge in [-0.3, -0.25) is 9.59 Å². The van der Waals surface area contributed by atoms with Gasteiger partial charge in [0.1, 0.15) is 0 Å². The van der Waals surface area contributed by atoms with Crippen molar-refractivity contribution in [1.29, 1.82) is 0 Å². The zero-order valence-corrected chi connectivity index (χ0v) is 15.2. The molecule has 2 fully saturated rings. The number of rotatable bonds is 3. The van der Waals surface area contributed by atoms with Gasteiger partial charge in [-0.1, -0.05) is 30.3 Å². The van der Waals surface area contributed by atoms with Crippen LogP contribution in [0.1, 0.15) is 32.3 Å². The van der Waals surface area contributed by atoms with E-state index in [1.165, 1.54) is 5.56 Å². The highest BCUT2D eigenvalue weighted by atomic mass is 16.5. The lowest BCUT2D eigenvalue weighted by Crippen LogP contribution is -2.54. The quantitative estimate of drug-likeness (QED) is 0.844. The average molecular weight is 344 g/mol. The Morgan fingerprint density at radius 3 is 2.48 bits per heavy atom. The lowest BCUT2D eigenvalue weighted by atomic mass is 9.94. The topological polar surface area (TPSA) is 49.9 Å². The number of carbonyl (C=O) groups excluding carboxylic acids is 2. The van der Waals surface area contributed by atoms with E-state index in [0.29, 0.717) is 26.2 Å². The molecule has 0 saturated carbocycles. The maximum absolute atomic E-state index is 13.0. The monoisotopic (exact) mass is 344 g/mol. The van der Waals surface area contributed by atoms with Crippen LogP contribution in [0, 0.1) is 5.92 Å². The molecule has 2 aliphatic rings. The zero-order chi connectivity index (χ0) is 17.8. The van der Waals surface area contributed by atoms with Crippen LogP contribution in [0.15, 0.2) is 30.3 Å². The van der Waals surface area contributed by atoms with Crippen molar-refractivity contribution >= 4 is 11.8 Å². The number of ether oxygens (including phenoxy) is 1. The van der Waals surface area contributed by atoms with Crippen molar-refractivity contribution in [3.63, 3.8) is 0 Å². The minimum atomic E-state index is 0.0357. The number of benzene rings is 1. The van der Waals surface area contributed by atoms with Crippen molar-refractivity contribution in [2.24, 2.45) is 5.92 Å². The molecule has 2 heterocycles. The molecule has 0 bridgehead atoms. The summed E-state index contributed by atoms with van der Waals surface area (Å²) >= 11 is 0. The molecular weight excluding hydrogens is 316 g/mol. The molecule has 2 saturated heterocycles. The Morgan fingerprint density at radius 1 is 1.16 bits per heavy atom. The molecule has 2 unspecified atom stereocenters. The molecule has 1 aromatic carbocycles. The fourth-order valence-electron chi connectivity index (χ4n) is 3.80. The van der Waals surface area contributed by atoms with E-state index >= 15 is 0 Å². The summed E-state index contributed by atoms with van der Waals surface area (Å²) in [7, 11) is 0. The smallest absolute Gasteiger partial charge is 0.226 e. The standard InChI is InChI=1S/C20H28N2O3/c1-15-14-25-19(12-17-6-4-3-5-7-17)13-22(15)20(24)18-8-10-21(11-9-18)16(2)23/h3-7,15,18-19H,8-14H2,1-2H3. The first-order valence-corrected chi connectivity index (χ1v) is 9.26. The summed E-state index contributed by atoms with van der Waals surface area (Å²) in [6.45, 7) is 6.29. The fourth-order valence-corrected chi connectivity index (χ4v) is 3.80. The number of amides is 2. The first-order chi connectivity index (χ1) is 12.0. The molecule has 0 N–H and O–H groups in total. The van der Waals surface area contributed by atoms with E-state index in [-0.39, 0.29) is 29.9 Å². The van der Waals surface area contributed by atoms with E-state index in [9.17, 15) is 9.59 Å². The Morgan fingerprint density at radius 2 is 1.84 bits per heavy atom. The Bertz CT molecular complexity index is 596. The second kappa shape index (κ2) is 8.00. The predicted molar refractivity (Wildman–Crippen MR) is 96.0 cm³/mol. The number of morpholine rings is 1. The minimum Gasteiger partial charge on any atom is -0.374 e. The Hall–Kier alpha value is -1.88. The van der Waals surface area contributed by atoms with E-state index in [2.05, 4.69) is 19.1 Å². The molecule has 25 heavy (non-hydrogen) atoms. The Balaban J connectivity index is 1.58. The molecule has 1 aromatic rings. The SMILES string of the molecule is CC(=O)N1CCC(C(=O)N2CC(Cc3ccccc3)OCC2C)CC1. The number of nitrogens with zero attached hydrogens (tertiary/aromatic N) is 2. The lowest BCUT2D eigenvalue weighted by Gasteiger charge is -2.41. The van der Waals surface area contributed by atoms with Gasteiger partial charge in [-0.2, -0.15) is 0 Å². The molecule has 5 nitrogen and oxygen atoms in total. The number of piperidine rings is 1. The third-order valence-electron chi connectivity index (χ3n) is 5.38. The van der Waals surface area contributed by atoms with Crippen molar-refractivity contribution in [3.05, 3.63) is 35.9 Å². The second-order valence-electron chi connectivity index (χ2n) is 7.27. The van der Waals surface area contributed by atoms with Gasteiger partial charge in [0.05, 0.1) is 18.8 Å². The normalized spacial score (nSPS) is 25.0. The first kappa shape index (κ1) is 17.9. The first-order valence-electron chi connectivity index (χ1n) is 9.26. The van der Waals surface area contributed by atoms with Gasteiger partial charge in [0.25, 0.3) is 0 Å². The predicted octanol–water partition coefficient (Wildman–Crippen LogP) is 2.10. The van der Waals surface area contributed by atoms with Crippen LogP contribution in [-0.2, 0) is 20.7 Å².